The van der Waals surface area contributed by atoms with Crippen LogP contribution >= 0.6 is 15.9 Å². The van der Waals surface area contributed by atoms with Gasteiger partial charge in [-0.3, -0.25) is 0 Å². The first-order chi connectivity index (χ1) is 9.06. The van der Waals surface area contributed by atoms with Gasteiger partial charge in [-0.05, 0) is 11.6 Å². The molecule has 1 aromatic heterocycles. The quantitative estimate of drug-likeness (QED) is 0.894. The minimum Gasteiger partial charge on any atom is -0.368 e. The first kappa shape index (κ1) is 13.5. The van der Waals surface area contributed by atoms with Gasteiger partial charge in [0.1, 0.15) is 0 Å². The maximum Gasteiger partial charge on any atom is 0.231 e. The van der Waals surface area contributed by atoms with Gasteiger partial charge in [0.25, 0.3) is 0 Å². The Labute approximate surface area is 120 Å². The average Bonchev–Trinajstić information content (AvgIpc) is 2.37. The van der Waals surface area contributed by atoms with Crippen molar-refractivity contribution in [2.75, 3.05) is 30.0 Å². The number of nitrogens with one attached hydrogen (secondary N) is 1. The van der Waals surface area contributed by atoms with E-state index in [1.165, 1.54) is 0 Å². The Bertz CT molecular complexity index is 572. The van der Waals surface area contributed by atoms with Crippen LogP contribution in [0.15, 0.2) is 28.7 Å². The number of anilines is 3. The molecule has 0 spiro atoms. The SMILES string of the molecule is CN(C)c1nc(N)nc(NCc2ccccc2Br)n1. The average molecular weight is 323 g/mol. The molecular weight excluding hydrogens is 308 g/mol. The largest absolute Gasteiger partial charge is 0.368 e. The Morgan fingerprint density at radius 3 is 2.63 bits per heavy atom. The van der Waals surface area contributed by atoms with Crippen molar-refractivity contribution >= 4 is 33.8 Å². The molecule has 0 saturated carbocycles. The van der Waals surface area contributed by atoms with Crippen LogP contribution in [0, 0.1) is 0 Å². The van der Waals surface area contributed by atoms with E-state index in [-0.39, 0.29) is 5.95 Å². The topological polar surface area (TPSA) is 80.0 Å². The van der Waals surface area contributed by atoms with Gasteiger partial charge >= 0.3 is 0 Å². The minimum absolute atomic E-state index is 0.202. The van der Waals surface area contributed by atoms with Crippen LogP contribution in [0.4, 0.5) is 17.8 Å². The van der Waals surface area contributed by atoms with Gasteiger partial charge in [0.05, 0.1) is 0 Å². The Morgan fingerprint density at radius 1 is 1.21 bits per heavy atom. The summed E-state index contributed by atoms with van der Waals surface area (Å²) in [5, 5.41) is 3.14. The normalized spacial score (nSPS) is 10.3. The molecule has 0 unspecified atom stereocenters. The number of halogens is 1. The number of benzene rings is 1. The lowest BCUT2D eigenvalue weighted by atomic mass is 10.2. The fraction of sp³-hybridized carbons (Fsp3) is 0.250. The summed E-state index contributed by atoms with van der Waals surface area (Å²) < 4.78 is 1.04. The molecule has 0 saturated heterocycles. The van der Waals surface area contributed by atoms with Crippen LogP contribution in [-0.2, 0) is 6.54 Å². The summed E-state index contributed by atoms with van der Waals surface area (Å²) in [7, 11) is 3.71. The van der Waals surface area contributed by atoms with Crippen LogP contribution in [0.25, 0.3) is 0 Å². The lowest BCUT2D eigenvalue weighted by molar-refractivity contribution is 0.949. The second-order valence-electron chi connectivity index (χ2n) is 4.16. The van der Waals surface area contributed by atoms with E-state index >= 15 is 0 Å². The number of hydrogen-bond donors (Lipinski definition) is 2. The predicted octanol–water partition coefficient (Wildman–Crippen LogP) is 1.89. The maximum atomic E-state index is 5.66. The molecule has 0 atom stereocenters. The van der Waals surface area contributed by atoms with Crippen molar-refractivity contribution in [1.82, 2.24) is 15.0 Å². The molecule has 0 fully saturated rings. The summed E-state index contributed by atoms with van der Waals surface area (Å²) in [5.74, 6) is 1.20. The molecular formula is C12H15BrN6. The van der Waals surface area contributed by atoms with E-state index in [9.17, 15) is 0 Å². The number of aromatic nitrogens is 3. The number of nitrogens with zero attached hydrogens (tertiary/aromatic N) is 4. The molecule has 0 radical (unpaired) electrons. The van der Waals surface area contributed by atoms with Crippen LogP contribution in [0.3, 0.4) is 0 Å². The first-order valence-electron chi connectivity index (χ1n) is 5.72. The summed E-state index contributed by atoms with van der Waals surface area (Å²) in [5.41, 5.74) is 6.78. The van der Waals surface area contributed by atoms with E-state index in [4.69, 9.17) is 5.73 Å². The highest BCUT2D eigenvalue weighted by molar-refractivity contribution is 9.10. The Hall–Kier alpha value is -1.89. The fourth-order valence-electron chi connectivity index (χ4n) is 1.48. The van der Waals surface area contributed by atoms with E-state index in [1.807, 2.05) is 38.4 Å². The fourth-order valence-corrected chi connectivity index (χ4v) is 1.90. The standard InChI is InChI=1S/C12H15BrN6/c1-19(2)12-17-10(14)16-11(18-12)15-7-8-5-3-4-6-9(8)13/h3-6H,7H2,1-2H3,(H3,14,15,16,17,18). The molecule has 6 nitrogen and oxygen atoms in total. The molecule has 2 rings (SSSR count). The van der Waals surface area contributed by atoms with Gasteiger partial charge in [-0.25, -0.2) is 0 Å². The van der Waals surface area contributed by atoms with Gasteiger partial charge < -0.3 is 16.0 Å². The molecule has 0 aliphatic carbocycles. The molecule has 0 bridgehead atoms. The summed E-state index contributed by atoms with van der Waals surface area (Å²) in [6, 6.07) is 7.96. The van der Waals surface area contributed by atoms with Gasteiger partial charge in [0.2, 0.25) is 17.8 Å². The zero-order valence-electron chi connectivity index (χ0n) is 10.8. The second kappa shape index (κ2) is 5.83. The smallest absolute Gasteiger partial charge is 0.231 e. The molecule has 2 aromatic rings. The molecule has 1 heterocycles. The first-order valence-corrected chi connectivity index (χ1v) is 6.51. The van der Waals surface area contributed by atoms with Crippen LogP contribution < -0.4 is 16.0 Å². The number of nitrogen functional groups attached to an aromatic ring is 1. The third-order valence-electron chi connectivity index (χ3n) is 2.44. The third-order valence-corrected chi connectivity index (χ3v) is 3.21. The van der Waals surface area contributed by atoms with Gasteiger partial charge in [0.15, 0.2) is 0 Å². The minimum atomic E-state index is 0.202. The molecule has 0 aliphatic rings. The zero-order chi connectivity index (χ0) is 13.8. The van der Waals surface area contributed by atoms with Gasteiger partial charge in [-0.15, -0.1) is 0 Å². The van der Waals surface area contributed by atoms with Crippen molar-refractivity contribution in [1.29, 1.82) is 0 Å². The van der Waals surface area contributed by atoms with Gasteiger partial charge in [-0.1, -0.05) is 34.1 Å². The van der Waals surface area contributed by atoms with Crippen molar-refractivity contribution in [2.24, 2.45) is 0 Å². The summed E-state index contributed by atoms with van der Waals surface area (Å²) in [6.07, 6.45) is 0. The van der Waals surface area contributed by atoms with Crippen LogP contribution in [0.2, 0.25) is 0 Å². The van der Waals surface area contributed by atoms with E-state index in [0.717, 1.165) is 10.0 Å². The van der Waals surface area contributed by atoms with Crippen LogP contribution in [0.5, 0.6) is 0 Å². The summed E-state index contributed by atoms with van der Waals surface area (Å²) in [4.78, 5) is 14.2. The number of nitrogens with two attached hydrogens (primary N) is 1. The lowest BCUT2D eigenvalue weighted by Gasteiger charge is -2.12. The summed E-state index contributed by atoms with van der Waals surface area (Å²) >= 11 is 3.50. The van der Waals surface area contributed by atoms with Gasteiger partial charge in [-0.2, -0.15) is 15.0 Å². The zero-order valence-corrected chi connectivity index (χ0v) is 12.3. The molecule has 0 aliphatic heterocycles. The monoisotopic (exact) mass is 322 g/mol. The molecule has 100 valence electrons. The number of hydrogen-bond acceptors (Lipinski definition) is 6. The molecule has 1 aromatic carbocycles. The molecule has 0 amide bonds. The van der Waals surface area contributed by atoms with Crippen molar-refractivity contribution in [3.8, 4) is 0 Å². The Morgan fingerprint density at radius 2 is 1.95 bits per heavy atom. The molecule has 3 N–H and O–H groups in total. The highest BCUT2D eigenvalue weighted by Gasteiger charge is 2.06. The Balaban J connectivity index is 2.14. The number of rotatable bonds is 4. The van der Waals surface area contributed by atoms with Crippen molar-refractivity contribution in [3.05, 3.63) is 34.3 Å². The van der Waals surface area contributed by atoms with E-state index < -0.39 is 0 Å². The van der Waals surface area contributed by atoms with Crippen molar-refractivity contribution in [2.45, 2.75) is 6.54 Å². The van der Waals surface area contributed by atoms with Crippen LogP contribution in [-0.4, -0.2) is 29.0 Å². The van der Waals surface area contributed by atoms with E-state index in [0.29, 0.717) is 18.4 Å². The van der Waals surface area contributed by atoms with Crippen molar-refractivity contribution < 1.29 is 0 Å². The molecule has 19 heavy (non-hydrogen) atoms. The third kappa shape index (κ3) is 3.54. The van der Waals surface area contributed by atoms with E-state index in [2.05, 4.69) is 36.2 Å². The predicted molar refractivity (Wildman–Crippen MR) is 80.0 cm³/mol. The van der Waals surface area contributed by atoms with Crippen molar-refractivity contribution in [3.63, 3.8) is 0 Å². The highest BCUT2D eigenvalue weighted by Crippen LogP contribution is 2.17. The second-order valence-corrected chi connectivity index (χ2v) is 5.01. The lowest BCUT2D eigenvalue weighted by Crippen LogP contribution is -2.16. The Kier molecular flexibility index (Phi) is 4.16. The highest BCUT2D eigenvalue weighted by atomic mass is 79.9. The van der Waals surface area contributed by atoms with Crippen LogP contribution in [0.1, 0.15) is 5.56 Å². The summed E-state index contributed by atoms with van der Waals surface area (Å²) in [6.45, 7) is 0.609. The van der Waals surface area contributed by atoms with Gasteiger partial charge in [0, 0.05) is 25.1 Å². The molecule has 7 heteroatoms. The van der Waals surface area contributed by atoms with E-state index in [1.54, 1.807) is 4.90 Å². The maximum absolute atomic E-state index is 5.66.